The first-order chi connectivity index (χ1) is 15.5. The number of ether oxygens (including phenoxy) is 1. The molecule has 0 aliphatic heterocycles. The van der Waals surface area contributed by atoms with Crippen molar-refractivity contribution >= 4 is 32.6 Å². The Morgan fingerprint density at radius 1 is 1.09 bits per heavy atom. The summed E-state index contributed by atoms with van der Waals surface area (Å²) in [7, 11) is 0. The molecule has 0 aliphatic rings. The Kier molecular flexibility index (Phi) is 6.81. The molecule has 0 spiro atoms. The van der Waals surface area contributed by atoms with Crippen LogP contribution < -0.4 is 9.64 Å². The summed E-state index contributed by atoms with van der Waals surface area (Å²) in [5, 5.41) is 0.668. The maximum absolute atomic E-state index is 13.7. The van der Waals surface area contributed by atoms with Crippen molar-refractivity contribution in [3.63, 3.8) is 0 Å². The van der Waals surface area contributed by atoms with Gasteiger partial charge in [-0.25, -0.2) is 4.98 Å². The molecule has 0 atom stereocenters. The number of amides is 1. The largest absolute Gasteiger partial charge is 0.494 e. The summed E-state index contributed by atoms with van der Waals surface area (Å²) < 4.78 is 6.92. The fourth-order valence-corrected chi connectivity index (χ4v) is 4.58. The van der Waals surface area contributed by atoms with Gasteiger partial charge in [0.05, 0.1) is 29.1 Å². The predicted octanol–water partition coefficient (Wildman–Crippen LogP) is 6.33. The van der Waals surface area contributed by atoms with Crippen molar-refractivity contribution in [2.45, 2.75) is 40.2 Å². The SMILES string of the molecule is CCCCOc1cccc(C(=O)N(Cc2ccccn2)c2nc3cc(C)cc(C)c3s2)c1. The molecule has 32 heavy (non-hydrogen) atoms. The van der Waals surface area contributed by atoms with Gasteiger partial charge in [0, 0.05) is 11.8 Å². The van der Waals surface area contributed by atoms with E-state index in [9.17, 15) is 4.79 Å². The first-order valence-corrected chi connectivity index (χ1v) is 11.7. The van der Waals surface area contributed by atoms with E-state index in [1.54, 1.807) is 11.1 Å². The van der Waals surface area contributed by atoms with Crippen molar-refractivity contribution in [2.24, 2.45) is 0 Å². The molecule has 1 amide bonds. The van der Waals surface area contributed by atoms with Crippen molar-refractivity contribution in [2.75, 3.05) is 11.5 Å². The Bertz CT molecular complexity index is 1220. The van der Waals surface area contributed by atoms with Crippen LogP contribution in [0.25, 0.3) is 10.2 Å². The van der Waals surface area contributed by atoms with Gasteiger partial charge in [-0.15, -0.1) is 0 Å². The number of thiazole rings is 1. The maximum Gasteiger partial charge on any atom is 0.260 e. The van der Waals surface area contributed by atoms with Crippen LogP contribution in [0.5, 0.6) is 5.75 Å². The third-order valence-corrected chi connectivity index (χ3v) is 6.41. The molecule has 5 nitrogen and oxygen atoms in total. The Hall–Kier alpha value is -3.25. The standard InChI is InChI=1S/C26H27N3O2S/c1-4-5-13-31-22-11-8-9-20(16-22)25(30)29(17-21-10-6-7-12-27-21)26-28-23-15-18(2)14-19(3)24(23)32-26/h6-12,14-16H,4-5,13,17H2,1-3H3. The first kappa shape index (κ1) is 22.0. The number of aryl methyl sites for hydroxylation is 2. The summed E-state index contributed by atoms with van der Waals surface area (Å²) in [6.07, 6.45) is 3.79. The molecular weight excluding hydrogens is 418 g/mol. The third kappa shape index (κ3) is 4.97. The molecule has 0 bridgehead atoms. The molecule has 6 heteroatoms. The fraction of sp³-hybridized carbons (Fsp3) is 0.269. The van der Waals surface area contributed by atoms with Gasteiger partial charge >= 0.3 is 0 Å². The number of nitrogens with zero attached hydrogens (tertiary/aromatic N) is 3. The van der Waals surface area contributed by atoms with Gasteiger partial charge in [-0.3, -0.25) is 14.7 Å². The second kappa shape index (κ2) is 9.92. The number of hydrogen-bond donors (Lipinski definition) is 0. The smallest absolute Gasteiger partial charge is 0.260 e. The van der Waals surface area contributed by atoms with Crippen molar-refractivity contribution < 1.29 is 9.53 Å². The molecule has 0 N–H and O–H groups in total. The second-order valence-corrected chi connectivity index (χ2v) is 8.85. The molecule has 0 fully saturated rings. The number of carbonyl (C=O) groups excluding carboxylic acids is 1. The highest BCUT2D eigenvalue weighted by atomic mass is 32.1. The summed E-state index contributed by atoms with van der Waals surface area (Å²) >= 11 is 1.54. The minimum absolute atomic E-state index is 0.120. The van der Waals surface area contributed by atoms with E-state index >= 15 is 0 Å². The monoisotopic (exact) mass is 445 g/mol. The quantitative estimate of drug-likeness (QED) is 0.297. The zero-order chi connectivity index (χ0) is 22.5. The van der Waals surface area contributed by atoms with Crippen molar-refractivity contribution in [3.8, 4) is 5.75 Å². The summed E-state index contributed by atoms with van der Waals surface area (Å²) in [6.45, 7) is 7.26. The topological polar surface area (TPSA) is 55.3 Å². The lowest BCUT2D eigenvalue weighted by atomic mass is 10.1. The first-order valence-electron chi connectivity index (χ1n) is 10.9. The molecule has 2 heterocycles. The molecule has 2 aromatic carbocycles. The predicted molar refractivity (Wildman–Crippen MR) is 131 cm³/mol. The van der Waals surface area contributed by atoms with Crippen LogP contribution in [0.15, 0.2) is 60.8 Å². The molecule has 4 rings (SSSR count). The number of fused-ring (bicyclic) bond motifs is 1. The number of rotatable bonds is 8. The van der Waals surface area contributed by atoms with E-state index in [-0.39, 0.29) is 5.91 Å². The molecule has 0 unspecified atom stereocenters. The minimum atomic E-state index is -0.120. The van der Waals surface area contributed by atoms with Crippen molar-refractivity contribution in [1.29, 1.82) is 0 Å². The van der Waals surface area contributed by atoms with Crippen LogP contribution in [0.2, 0.25) is 0 Å². The van der Waals surface area contributed by atoms with Gasteiger partial charge in [0.15, 0.2) is 5.13 Å². The van der Waals surface area contributed by atoms with Crippen LogP contribution in [-0.2, 0) is 6.54 Å². The lowest BCUT2D eigenvalue weighted by Gasteiger charge is -2.20. The van der Waals surface area contributed by atoms with E-state index in [2.05, 4.69) is 37.9 Å². The van der Waals surface area contributed by atoms with E-state index in [0.29, 0.717) is 29.6 Å². The lowest BCUT2D eigenvalue weighted by Crippen LogP contribution is -2.30. The van der Waals surface area contributed by atoms with Crippen LogP contribution in [0, 0.1) is 13.8 Å². The number of pyridine rings is 1. The molecule has 0 saturated carbocycles. The van der Waals surface area contributed by atoms with E-state index in [4.69, 9.17) is 9.72 Å². The zero-order valence-corrected chi connectivity index (χ0v) is 19.5. The van der Waals surface area contributed by atoms with Gasteiger partial charge in [-0.1, -0.05) is 42.9 Å². The van der Waals surface area contributed by atoms with E-state index in [1.165, 1.54) is 16.9 Å². The van der Waals surface area contributed by atoms with Gasteiger partial charge < -0.3 is 4.74 Å². The molecular formula is C26H27N3O2S. The highest BCUT2D eigenvalue weighted by molar-refractivity contribution is 7.22. The number of unbranched alkanes of at least 4 members (excludes halogenated alkanes) is 1. The number of hydrogen-bond acceptors (Lipinski definition) is 5. The molecule has 4 aromatic rings. The van der Waals surface area contributed by atoms with Gasteiger partial charge in [0.25, 0.3) is 5.91 Å². The number of carbonyl (C=O) groups is 1. The minimum Gasteiger partial charge on any atom is -0.494 e. The lowest BCUT2D eigenvalue weighted by molar-refractivity contribution is 0.0984. The van der Waals surface area contributed by atoms with Gasteiger partial charge in [-0.05, 0) is 67.8 Å². The van der Waals surface area contributed by atoms with Crippen LogP contribution in [-0.4, -0.2) is 22.5 Å². The molecule has 0 saturated heterocycles. The van der Waals surface area contributed by atoms with Crippen LogP contribution in [0.1, 0.15) is 46.9 Å². The van der Waals surface area contributed by atoms with Crippen molar-refractivity contribution in [1.82, 2.24) is 9.97 Å². The summed E-state index contributed by atoms with van der Waals surface area (Å²) in [6, 6.07) is 17.3. The number of anilines is 1. The van der Waals surface area contributed by atoms with E-state index in [0.717, 1.165) is 34.3 Å². The number of aromatic nitrogens is 2. The maximum atomic E-state index is 13.7. The number of benzene rings is 2. The van der Waals surface area contributed by atoms with Crippen LogP contribution >= 0.6 is 11.3 Å². The van der Waals surface area contributed by atoms with Crippen LogP contribution in [0.4, 0.5) is 5.13 Å². The van der Waals surface area contributed by atoms with Gasteiger partial charge in [0.1, 0.15) is 5.75 Å². The van der Waals surface area contributed by atoms with E-state index < -0.39 is 0 Å². The Morgan fingerprint density at radius 2 is 1.97 bits per heavy atom. The summed E-state index contributed by atoms with van der Waals surface area (Å²) in [5.74, 6) is 0.586. The average Bonchev–Trinajstić information content (AvgIpc) is 3.22. The van der Waals surface area contributed by atoms with Crippen molar-refractivity contribution in [3.05, 3.63) is 83.2 Å². The normalized spacial score (nSPS) is 11.0. The third-order valence-electron chi connectivity index (χ3n) is 5.18. The van der Waals surface area contributed by atoms with E-state index in [1.807, 2.05) is 42.5 Å². The summed E-state index contributed by atoms with van der Waals surface area (Å²) in [4.78, 5) is 24.6. The highest BCUT2D eigenvalue weighted by Crippen LogP contribution is 2.33. The average molecular weight is 446 g/mol. The summed E-state index contributed by atoms with van der Waals surface area (Å²) in [5.41, 5.74) is 4.62. The Labute approximate surface area is 192 Å². The Balaban J connectivity index is 1.71. The highest BCUT2D eigenvalue weighted by Gasteiger charge is 2.23. The van der Waals surface area contributed by atoms with Crippen LogP contribution in [0.3, 0.4) is 0 Å². The van der Waals surface area contributed by atoms with Gasteiger partial charge in [0.2, 0.25) is 0 Å². The Morgan fingerprint density at radius 3 is 2.75 bits per heavy atom. The fourth-order valence-electron chi connectivity index (χ4n) is 3.57. The molecule has 0 radical (unpaired) electrons. The van der Waals surface area contributed by atoms with Gasteiger partial charge in [-0.2, -0.15) is 0 Å². The molecule has 164 valence electrons. The molecule has 0 aliphatic carbocycles. The zero-order valence-electron chi connectivity index (χ0n) is 18.7. The second-order valence-electron chi connectivity index (χ2n) is 7.87. The molecule has 2 aromatic heterocycles.